The molecule has 1 amide bonds. The van der Waals surface area contributed by atoms with Gasteiger partial charge in [0.2, 0.25) is 0 Å². The van der Waals surface area contributed by atoms with Crippen LogP contribution in [0.5, 0.6) is 0 Å². The first-order chi connectivity index (χ1) is 12.1. The van der Waals surface area contributed by atoms with Crippen molar-refractivity contribution in [3.05, 3.63) is 83.2 Å². The summed E-state index contributed by atoms with van der Waals surface area (Å²) in [5, 5.41) is 5.87. The number of anilines is 2. The van der Waals surface area contributed by atoms with Crippen LogP contribution in [0.25, 0.3) is 0 Å². The minimum Gasteiger partial charge on any atom is -0.354 e. The largest absolute Gasteiger partial charge is 0.354 e. The Morgan fingerprint density at radius 3 is 2.60 bits per heavy atom. The lowest BCUT2D eigenvalue weighted by Gasteiger charge is -2.09. The lowest BCUT2D eigenvalue weighted by atomic mass is 10.2. The van der Waals surface area contributed by atoms with Gasteiger partial charge in [-0.3, -0.25) is 14.8 Å². The van der Waals surface area contributed by atoms with Crippen molar-refractivity contribution in [1.82, 2.24) is 15.3 Å². The van der Waals surface area contributed by atoms with Gasteiger partial charge in [-0.2, -0.15) is 0 Å². The molecule has 0 fully saturated rings. The standard InChI is InChI=1S/C18H14ClFN4O/c19-16-8-14(1-2-17(16)20)24-15-7-13(10-22-11-15)18(25)23-9-12-3-5-21-6-4-12/h1-8,10-11,24H,9H2,(H,23,25). The zero-order valence-electron chi connectivity index (χ0n) is 13.0. The number of halogens is 2. The van der Waals surface area contributed by atoms with Crippen molar-refractivity contribution in [2.24, 2.45) is 0 Å². The van der Waals surface area contributed by atoms with Crippen LogP contribution in [-0.2, 0) is 6.54 Å². The van der Waals surface area contributed by atoms with E-state index in [1.807, 2.05) is 12.1 Å². The number of aromatic nitrogens is 2. The van der Waals surface area contributed by atoms with Gasteiger partial charge < -0.3 is 10.6 Å². The van der Waals surface area contributed by atoms with Gasteiger partial charge in [-0.05, 0) is 42.0 Å². The summed E-state index contributed by atoms with van der Waals surface area (Å²) < 4.78 is 13.2. The Kier molecular flexibility index (Phi) is 5.20. The van der Waals surface area contributed by atoms with Gasteiger partial charge in [0.15, 0.2) is 0 Å². The second kappa shape index (κ2) is 7.72. The molecule has 0 radical (unpaired) electrons. The minimum atomic E-state index is -0.491. The third-order valence-electron chi connectivity index (χ3n) is 3.41. The number of amides is 1. The Bertz CT molecular complexity index is 889. The Morgan fingerprint density at radius 2 is 1.84 bits per heavy atom. The van der Waals surface area contributed by atoms with E-state index in [0.29, 0.717) is 23.5 Å². The lowest BCUT2D eigenvalue weighted by Crippen LogP contribution is -2.23. The van der Waals surface area contributed by atoms with Gasteiger partial charge in [0.05, 0.1) is 22.5 Å². The minimum absolute atomic E-state index is 0.0178. The van der Waals surface area contributed by atoms with Crippen molar-refractivity contribution < 1.29 is 9.18 Å². The van der Waals surface area contributed by atoms with Crippen molar-refractivity contribution >= 4 is 28.9 Å². The molecule has 2 heterocycles. The van der Waals surface area contributed by atoms with Crippen LogP contribution in [0.15, 0.2) is 61.2 Å². The molecule has 25 heavy (non-hydrogen) atoms. The summed E-state index contributed by atoms with van der Waals surface area (Å²) in [6.07, 6.45) is 6.38. The van der Waals surface area contributed by atoms with Crippen molar-refractivity contribution in [2.45, 2.75) is 6.54 Å². The molecule has 0 aliphatic rings. The van der Waals surface area contributed by atoms with Crippen molar-refractivity contribution in [3.63, 3.8) is 0 Å². The Morgan fingerprint density at radius 1 is 1.04 bits per heavy atom. The van der Waals surface area contributed by atoms with E-state index >= 15 is 0 Å². The fourth-order valence-electron chi connectivity index (χ4n) is 2.16. The quantitative estimate of drug-likeness (QED) is 0.726. The highest BCUT2D eigenvalue weighted by Crippen LogP contribution is 2.22. The molecule has 0 saturated carbocycles. The van der Waals surface area contributed by atoms with Crippen LogP contribution < -0.4 is 10.6 Å². The first-order valence-corrected chi connectivity index (χ1v) is 7.84. The molecule has 0 aliphatic heterocycles. The average molecular weight is 357 g/mol. The van der Waals surface area contributed by atoms with E-state index in [-0.39, 0.29) is 10.9 Å². The predicted octanol–water partition coefficient (Wildman–Crippen LogP) is 3.94. The second-order valence-corrected chi connectivity index (χ2v) is 5.66. The number of rotatable bonds is 5. The van der Waals surface area contributed by atoms with E-state index in [2.05, 4.69) is 20.6 Å². The molecule has 0 saturated heterocycles. The van der Waals surface area contributed by atoms with Gasteiger partial charge >= 0.3 is 0 Å². The van der Waals surface area contributed by atoms with Gasteiger partial charge in [-0.25, -0.2) is 4.39 Å². The fourth-order valence-corrected chi connectivity index (χ4v) is 2.34. The van der Waals surface area contributed by atoms with Crippen molar-refractivity contribution in [3.8, 4) is 0 Å². The number of hydrogen-bond donors (Lipinski definition) is 2. The highest BCUT2D eigenvalue weighted by Gasteiger charge is 2.08. The molecule has 126 valence electrons. The van der Waals surface area contributed by atoms with E-state index in [1.54, 1.807) is 30.7 Å². The van der Waals surface area contributed by atoms with Crippen LogP contribution in [-0.4, -0.2) is 15.9 Å². The third-order valence-corrected chi connectivity index (χ3v) is 3.70. The van der Waals surface area contributed by atoms with Crippen LogP contribution in [0.1, 0.15) is 15.9 Å². The summed E-state index contributed by atoms with van der Waals surface area (Å²) in [5.41, 5.74) is 2.56. The predicted molar refractivity (Wildman–Crippen MR) is 94.3 cm³/mol. The number of nitrogens with one attached hydrogen (secondary N) is 2. The van der Waals surface area contributed by atoms with Crippen molar-refractivity contribution in [1.29, 1.82) is 0 Å². The number of pyridine rings is 2. The van der Waals surface area contributed by atoms with Crippen LogP contribution in [0.4, 0.5) is 15.8 Å². The van der Waals surface area contributed by atoms with E-state index in [1.165, 1.54) is 18.3 Å². The van der Waals surface area contributed by atoms with Gasteiger partial charge in [-0.1, -0.05) is 11.6 Å². The summed E-state index contributed by atoms with van der Waals surface area (Å²) >= 11 is 5.76. The van der Waals surface area contributed by atoms with E-state index in [9.17, 15) is 9.18 Å². The van der Waals surface area contributed by atoms with Gasteiger partial charge in [-0.15, -0.1) is 0 Å². The normalized spacial score (nSPS) is 10.3. The molecule has 5 nitrogen and oxygen atoms in total. The molecule has 0 aliphatic carbocycles. The van der Waals surface area contributed by atoms with Crippen LogP contribution >= 0.6 is 11.6 Å². The van der Waals surface area contributed by atoms with E-state index in [4.69, 9.17) is 11.6 Å². The molecule has 2 N–H and O–H groups in total. The maximum Gasteiger partial charge on any atom is 0.253 e. The van der Waals surface area contributed by atoms with Gasteiger partial charge in [0.25, 0.3) is 5.91 Å². The third kappa shape index (κ3) is 4.51. The molecule has 3 aromatic rings. The molecule has 3 rings (SSSR count). The maximum absolute atomic E-state index is 13.2. The topological polar surface area (TPSA) is 66.9 Å². The average Bonchev–Trinajstić information content (AvgIpc) is 2.64. The zero-order valence-corrected chi connectivity index (χ0v) is 13.8. The van der Waals surface area contributed by atoms with Crippen LogP contribution in [0.3, 0.4) is 0 Å². The van der Waals surface area contributed by atoms with Crippen LogP contribution in [0.2, 0.25) is 5.02 Å². The SMILES string of the molecule is O=C(NCc1ccncc1)c1cncc(Nc2ccc(F)c(Cl)c2)c1. The Balaban J connectivity index is 1.68. The summed E-state index contributed by atoms with van der Waals surface area (Å²) in [6.45, 7) is 0.395. The highest BCUT2D eigenvalue weighted by atomic mass is 35.5. The molecule has 0 spiro atoms. The monoisotopic (exact) mass is 356 g/mol. The summed E-state index contributed by atoms with van der Waals surface area (Å²) in [7, 11) is 0. The molecule has 0 atom stereocenters. The highest BCUT2D eigenvalue weighted by molar-refractivity contribution is 6.31. The molecular formula is C18H14ClFN4O. The molecule has 0 bridgehead atoms. The molecule has 2 aromatic heterocycles. The number of carbonyl (C=O) groups is 1. The molecule has 1 aromatic carbocycles. The fraction of sp³-hybridized carbons (Fsp3) is 0.0556. The molecule has 0 unspecified atom stereocenters. The maximum atomic E-state index is 13.2. The summed E-state index contributed by atoms with van der Waals surface area (Å²) in [4.78, 5) is 20.2. The number of carbonyl (C=O) groups excluding carboxylic acids is 1. The first kappa shape index (κ1) is 16.9. The number of hydrogen-bond acceptors (Lipinski definition) is 4. The smallest absolute Gasteiger partial charge is 0.253 e. The molecule has 7 heteroatoms. The summed E-state index contributed by atoms with van der Waals surface area (Å²) in [5.74, 6) is -0.736. The lowest BCUT2D eigenvalue weighted by molar-refractivity contribution is 0.0950. The Labute approximate surface area is 148 Å². The summed E-state index contributed by atoms with van der Waals surface area (Å²) in [6, 6.07) is 9.60. The number of nitrogens with zero attached hydrogens (tertiary/aromatic N) is 2. The second-order valence-electron chi connectivity index (χ2n) is 5.25. The zero-order chi connectivity index (χ0) is 17.6. The molecular weight excluding hydrogens is 343 g/mol. The first-order valence-electron chi connectivity index (χ1n) is 7.46. The number of benzene rings is 1. The van der Waals surface area contributed by atoms with Gasteiger partial charge in [0.1, 0.15) is 5.82 Å². The van der Waals surface area contributed by atoms with E-state index in [0.717, 1.165) is 5.56 Å². The Hall–Kier alpha value is -2.99. The van der Waals surface area contributed by atoms with E-state index < -0.39 is 5.82 Å². The van der Waals surface area contributed by atoms with Gasteiger partial charge in [0, 0.05) is 30.8 Å². The van der Waals surface area contributed by atoms with Crippen LogP contribution in [0, 0.1) is 5.82 Å². The van der Waals surface area contributed by atoms with Crippen molar-refractivity contribution in [2.75, 3.05) is 5.32 Å².